The fourth-order valence-corrected chi connectivity index (χ4v) is 2.93. The molecule has 3 rings (SSSR count). The molecule has 0 spiro atoms. The fraction of sp³-hybridized carbons (Fsp3) is 0. The number of nitrogens with one attached hydrogen (secondary N) is 1. The van der Waals surface area contributed by atoms with E-state index in [1.807, 2.05) is 0 Å². The van der Waals surface area contributed by atoms with Gasteiger partial charge in [0.1, 0.15) is 17.3 Å². The van der Waals surface area contributed by atoms with Gasteiger partial charge in [-0.3, -0.25) is 4.79 Å². The van der Waals surface area contributed by atoms with Gasteiger partial charge < -0.3 is 9.73 Å². The van der Waals surface area contributed by atoms with Gasteiger partial charge in [0, 0.05) is 16.1 Å². The summed E-state index contributed by atoms with van der Waals surface area (Å²) in [5.41, 5.74) is 0.744. The zero-order chi connectivity index (χ0) is 18.7. The second-order valence-electron chi connectivity index (χ2n) is 5.25. The number of rotatable bonds is 4. The molecule has 0 atom stereocenters. The summed E-state index contributed by atoms with van der Waals surface area (Å²) in [6, 6.07) is 13.0. The maximum atomic E-state index is 13.7. The van der Waals surface area contributed by atoms with Crippen molar-refractivity contribution in [3.63, 3.8) is 0 Å². The van der Waals surface area contributed by atoms with Gasteiger partial charge in [0.25, 0.3) is 0 Å². The number of hydrogen-bond donors (Lipinski definition) is 1. The predicted molar refractivity (Wildman–Crippen MR) is 106 cm³/mol. The van der Waals surface area contributed by atoms with Gasteiger partial charge in [-0.1, -0.05) is 45.2 Å². The molecule has 0 saturated heterocycles. The van der Waals surface area contributed by atoms with Crippen LogP contribution >= 0.6 is 39.1 Å². The van der Waals surface area contributed by atoms with Gasteiger partial charge in [-0.05, 0) is 48.5 Å². The molecule has 1 heterocycles. The molecule has 1 amide bonds. The Morgan fingerprint density at radius 2 is 1.96 bits per heavy atom. The standard InChI is InChI=1S/C19H11BrCl2FNO2/c20-11-4-7-16(15(23)10-11)24-18(25)9-6-12-5-8-17(26-12)13-2-1-3-14(21)19(13)22/h1-10H,(H,24,25). The van der Waals surface area contributed by atoms with Crippen molar-refractivity contribution in [1.29, 1.82) is 0 Å². The molecule has 3 nitrogen and oxygen atoms in total. The lowest BCUT2D eigenvalue weighted by atomic mass is 10.2. The van der Waals surface area contributed by atoms with Crippen LogP contribution in [0, 0.1) is 5.82 Å². The first-order valence-corrected chi connectivity index (χ1v) is 8.97. The van der Waals surface area contributed by atoms with Gasteiger partial charge in [-0.15, -0.1) is 0 Å². The summed E-state index contributed by atoms with van der Waals surface area (Å²) in [6.45, 7) is 0. The minimum Gasteiger partial charge on any atom is -0.457 e. The molecule has 0 fully saturated rings. The number of amides is 1. The van der Waals surface area contributed by atoms with Crippen molar-refractivity contribution in [2.24, 2.45) is 0 Å². The Balaban J connectivity index is 1.72. The number of carbonyl (C=O) groups is 1. The highest BCUT2D eigenvalue weighted by Gasteiger charge is 2.10. The van der Waals surface area contributed by atoms with Crippen LogP contribution in [-0.2, 0) is 4.79 Å². The first kappa shape index (κ1) is 18.7. The maximum absolute atomic E-state index is 13.7. The molecule has 26 heavy (non-hydrogen) atoms. The molecule has 0 aliphatic heterocycles. The zero-order valence-corrected chi connectivity index (χ0v) is 16.2. The molecular formula is C19H11BrCl2FNO2. The largest absolute Gasteiger partial charge is 0.457 e. The van der Waals surface area contributed by atoms with Crippen molar-refractivity contribution in [3.8, 4) is 11.3 Å². The van der Waals surface area contributed by atoms with E-state index >= 15 is 0 Å². The lowest BCUT2D eigenvalue weighted by Gasteiger charge is -2.03. The third-order valence-corrected chi connectivity index (χ3v) is 4.74. The van der Waals surface area contributed by atoms with E-state index in [0.29, 0.717) is 31.6 Å². The smallest absolute Gasteiger partial charge is 0.248 e. The van der Waals surface area contributed by atoms with E-state index in [9.17, 15) is 9.18 Å². The lowest BCUT2D eigenvalue weighted by molar-refractivity contribution is -0.111. The Kier molecular flexibility index (Phi) is 5.81. The fourth-order valence-electron chi connectivity index (χ4n) is 2.20. The van der Waals surface area contributed by atoms with Crippen molar-refractivity contribution in [2.75, 3.05) is 5.32 Å². The molecule has 0 bridgehead atoms. The molecule has 3 aromatic rings. The highest BCUT2D eigenvalue weighted by Crippen LogP contribution is 2.34. The van der Waals surface area contributed by atoms with Crippen molar-refractivity contribution < 1.29 is 13.6 Å². The lowest BCUT2D eigenvalue weighted by Crippen LogP contribution is -2.09. The molecule has 2 aromatic carbocycles. The van der Waals surface area contributed by atoms with Crippen LogP contribution in [0.5, 0.6) is 0 Å². The molecule has 0 aliphatic rings. The summed E-state index contributed by atoms with van der Waals surface area (Å²) in [5.74, 6) is -0.0408. The molecule has 7 heteroatoms. The number of halogens is 4. The van der Waals surface area contributed by atoms with Crippen LogP contribution in [0.2, 0.25) is 10.0 Å². The Bertz CT molecular complexity index is 1000. The summed E-state index contributed by atoms with van der Waals surface area (Å²) in [7, 11) is 0. The van der Waals surface area contributed by atoms with E-state index in [0.717, 1.165) is 0 Å². The Hall–Kier alpha value is -2.08. The molecule has 1 N–H and O–H groups in total. The first-order valence-electron chi connectivity index (χ1n) is 7.42. The van der Waals surface area contributed by atoms with Crippen LogP contribution in [-0.4, -0.2) is 5.91 Å². The average Bonchev–Trinajstić information content (AvgIpc) is 3.07. The van der Waals surface area contributed by atoms with Gasteiger partial charge in [-0.2, -0.15) is 0 Å². The van der Waals surface area contributed by atoms with E-state index in [4.69, 9.17) is 27.6 Å². The minimum absolute atomic E-state index is 0.0914. The molecule has 0 saturated carbocycles. The third-order valence-electron chi connectivity index (χ3n) is 3.43. The SMILES string of the molecule is O=C(C=Cc1ccc(-c2cccc(Cl)c2Cl)o1)Nc1ccc(Br)cc1F. The van der Waals surface area contributed by atoms with Gasteiger partial charge in [0.05, 0.1) is 15.7 Å². The van der Waals surface area contributed by atoms with Crippen LogP contribution in [0.4, 0.5) is 10.1 Å². The monoisotopic (exact) mass is 453 g/mol. The van der Waals surface area contributed by atoms with Gasteiger partial charge in [0.15, 0.2) is 0 Å². The second kappa shape index (κ2) is 8.08. The predicted octanol–water partition coefficient (Wildman–Crippen LogP) is 6.81. The maximum Gasteiger partial charge on any atom is 0.248 e. The number of furan rings is 1. The first-order chi connectivity index (χ1) is 12.4. The van der Waals surface area contributed by atoms with Crippen LogP contribution in [0.3, 0.4) is 0 Å². The second-order valence-corrected chi connectivity index (χ2v) is 6.95. The van der Waals surface area contributed by atoms with Gasteiger partial charge in [0.2, 0.25) is 5.91 Å². The number of carbonyl (C=O) groups excluding carboxylic acids is 1. The topological polar surface area (TPSA) is 42.2 Å². The van der Waals surface area contributed by atoms with E-state index in [1.165, 1.54) is 24.3 Å². The molecule has 0 unspecified atom stereocenters. The van der Waals surface area contributed by atoms with Crippen molar-refractivity contribution in [1.82, 2.24) is 0 Å². The van der Waals surface area contributed by atoms with Crippen molar-refractivity contribution in [2.45, 2.75) is 0 Å². The molecule has 1 aromatic heterocycles. The number of anilines is 1. The number of benzene rings is 2. The minimum atomic E-state index is -0.531. The van der Waals surface area contributed by atoms with E-state index < -0.39 is 11.7 Å². The van der Waals surface area contributed by atoms with Crippen LogP contribution < -0.4 is 5.32 Å². The Morgan fingerprint density at radius 3 is 2.73 bits per heavy atom. The van der Waals surface area contributed by atoms with Gasteiger partial charge in [-0.25, -0.2) is 4.39 Å². The summed E-state index contributed by atoms with van der Waals surface area (Å²) in [5, 5.41) is 3.28. The van der Waals surface area contributed by atoms with Gasteiger partial charge >= 0.3 is 0 Å². The summed E-state index contributed by atoms with van der Waals surface area (Å²) >= 11 is 15.3. The summed E-state index contributed by atoms with van der Waals surface area (Å²) in [4.78, 5) is 11.9. The van der Waals surface area contributed by atoms with E-state index in [2.05, 4.69) is 21.2 Å². The van der Waals surface area contributed by atoms with Crippen molar-refractivity contribution >= 4 is 56.8 Å². The normalized spacial score (nSPS) is 11.1. The Morgan fingerprint density at radius 1 is 1.15 bits per heavy atom. The molecule has 0 radical (unpaired) electrons. The third kappa shape index (κ3) is 4.36. The average molecular weight is 455 g/mol. The van der Waals surface area contributed by atoms with Crippen molar-refractivity contribution in [3.05, 3.63) is 80.7 Å². The summed E-state index contributed by atoms with van der Waals surface area (Å²) in [6.07, 6.45) is 2.73. The van der Waals surface area contributed by atoms with E-state index in [-0.39, 0.29) is 5.69 Å². The highest BCUT2D eigenvalue weighted by atomic mass is 79.9. The Labute approximate surface area is 167 Å². The van der Waals surface area contributed by atoms with Crippen LogP contribution in [0.15, 0.2) is 63.5 Å². The van der Waals surface area contributed by atoms with Crippen LogP contribution in [0.25, 0.3) is 17.4 Å². The van der Waals surface area contributed by atoms with E-state index in [1.54, 1.807) is 36.4 Å². The molecule has 132 valence electrons. The van der Waals surface area contributed by atoms with Crippen LogP contribution in [0.1, 0.15) is 5.76 Å². The molecular weight excluding hydrogens is 444 g/mol. The zero-order valence-electron chi connectivity index (χ0n) is 13.1. The molecule has 0 aliphatic carbocycles. The summed E-state index contributed by atoms with van der Waals surface area (Å²) < 4.78 is 20.0. The highest BCUT2D eigenvalue weighted by molar-refractivity contribution is 9.10. The number of hydrogen-bond acceptors (Lipinski definition) is 2. The quantitative estimate of drug-likeness (QED) is 0.440.